The van der Waals surface area contributed by atoms with Crippen LogP contribution in [0, 0.1) is 0 Å². The molecular weight excluding hydrogens is 666 g/mol. The number of aliphatic imine (C=N–C) groups is 4. The zero-order valence-electron chi connectivity index (χ0n) is 27.0. The van der Waals surface area contributed by atoms with Gasteiger partial charge < -0.3 is 5.11 Å². The van der Waals surface area contributed by atoms with E-state index in [0.29, 0.717) is 0 Å². The summed E-state index contributed by atoms with van der Waals surface area (Å²) in [6.07, 6.45) is 16.5. The van der Waals surface area contributed by atoms with Gasteiger partial charge in [0, 0.05) is 41.8 Å². The van der Waals surface area contributed by atoms with Crippen LogP contribution in [0.25, 0.3) is 22.3 Å². The maximum absolute atomic E-state index is 10.2. The van der Waals surface area contributed by atoms with Crippen molar-refractivity contribution in [2.24, 2.45) is 20.0 Å². The molecule has 0 saturated heterocycles. The molecule has 4 aromatic rings. The van der Waals surface area contributed by atoms with E-state index in [-0.39, 0.29) is 25.2 Å². The van der Waals surface area contributed by atoms with Gasteiger partial charge in [0.05, 0.1) is 45.6 Å². The van der Waals surface area contributed by atoms with Gasteiger partial charge in [-0.15, -0.1) is 0 Å². The van der Waals surface area contributed by atoms with Gasteiger partial charge in [0.1, 0.15) is 5.75 Å². The summed E-state index contributed by atoms with van der Waals surface area (Å²) in [5.41, 5.74) is 14.2. The summed E-state index contributed by atoms with van der Waals surface area (Å²) in [7, 11) is 0. The third-order valence-corrected chi connectivity index (χ3v) is 8.95. The van der Waals surface area contributed by atoms with Crippen LogP contribution in [0.15, 0.2) is 207 Å². The molecule has 5 nitrogen and oxygen atoms in total. The van der Waals surface area contributed by atoms with E-state index in [9.17, 15) is 5.11 Å². The molecule has 0 radical (unpaired) electrons. The summed E-state index contributed by atoms with van der Waals surface area (Å²) in [5.74, 6) is 0.201. The van der Waals surface area contributed by atoms with Crippen molar-refractivity contribution in [2.45, 2.75) is 0 Å². The first-order valence-electron chi connectivity index (χ1n) is 16.2. The van der Waals surface area contributed by atoms with Gasteiger partial charge in [-0.25, -0.2) is 20.0 Å². The third-order valence-electron chi connectivity index (χ3n) is 8.95. The van der Waals surface area contributed by atoms with Crippen LogP contribution in [-0.4, -0.2) is 28.0 Å². The minimum absolute atomic E-state index is 0. The number of nitrogens with zero attached hydrogens (tertiary/aromatic N) is 4. The molecule has 50 heavy (non-hydrogen) atoms. The zero-order chi connectivity index (χ0) is 32.7. The van der Waals surface area contributed by atoms with Crippen LogP contribution in [0.3, 0.4) is 0 Å². The molecule has 232 valence electrons. The molecule has 0 amide bonds. The van der Waals surface area contributed by atoms with E-state index in [1.54, 1.807) is 12.1 Å². The molecule has 0 unspecified atom stereocenters. The number of hydrogen-bond acceptors (Lipinski definition) is 5. The number of rotatable bonds is 4. The molecule has 0 aromatic heterocycles. The summed E-state index contributed by atoms with van der Waals surface area (Å²) in [6, 6.07) is 38.1. The SMILES string of the molecule is Oc1ccc(C2=C3C=CC(=N3)C(c3ccccc3)=C3C=CC(=N3)C(c3ccccc3)=C3C=CC(=N3)C(c3ccccc3)=C3C=CC2=N3)cc1.[Zn]. The van der Waals surface area contributed by atoms with Crippen molar-refractivity contribution in [1.29, 1.82) is 0 Å². The Kier molecular flexibility index (Phi) is 8.16. The molecule has 6 heteroatoms. The Bertz CT molecular complexity index is 2400. The standard InChI is InChI=1S/C44H28N4O.Zn/c49-32-18-16-31(17-19-32)44-39-26-24-37(47-39)42(29-12-6-2-7-13-29)35-22-20-33(45-35)41(28-10-4-1-5-11-28)34-21-23-36(46-34)43(30-14-8-3-9-15-30)38-25-27-40(44)48-38;/h1-27,49H;. The Balaban J connectivity index is 0.00000361. The molecule has 5 aliphatic heterocycles. The van der Waals surface area contributed by atoms with Crippen LogP contribution in [0.1, 0.15) is 22.3 Å². The topological polar surface area (TPSA) is 69.7 Å². The fourth-order valence-corrected chi connectivity index (χ4v) is 6.71. The van der Waals surface area contributed by atoms with E-state index < -0.39 is 0 Å². The molecule has 0 aliphatic carbocycles. The molecule has 8 bridgehead atoms. The van der Waals surface area contributed by atoms with E-state index in [4.69, 9.17) is 20.0 Å². The Morgan fingerprint density at radius 2 is 0.560 bits per heavy atom. The van der Waals surface area contributed by atoms with Crippen LogP contribution >= 0.6 is 0 Å². The van der Waals surface area contributed by atoms with Gasteiger partial charge in [0.25, 0.3) is 0 Å². The van der Waals surface area contributed by atoms with Gasteiger partial charge in [0.2, 0.25) is 0 Å². The first-order chi connectivity index (χ1) is 24.2. The minimum atomic E-state index is 0. The van der Waals surface area contributed by atoms with Gasteiger partial charge in [0.15, 0.2) is 0 Å². The van der Waals surface area contributed by atoms with Crippen molar-refractivity contribution in [3.8, 4) is 5.75 Å². The fourth-order valence-electron chi connectivity index (χ4n) is 6.71. The molecule has 1 N–H and O–H groups in total. The number of aromatic hydroxyl groups is 1. The van der Waals surface area contributed by atoms with Crippen molar-refractivity contribution in [1.82, 2.24) is 0 Å². The molecule has 5 aliphatic rings. The normalized spacial score (nSPS) is 17.4. The number of phenols is 1. The van der Waals surface area contributed by atoms with Crippen LogP contribution in [0.2, 0.25) is 0 Å². The Labute approximate surface area is 303 Å². The van der Waals surface area contributed by atoms with Crippen molar-refractivity contribution < 1.29 is 24.6 Å². The van der Waals surface area contributed by atoms with Gasteiger partial charge in [-0.05, 0) is 83.0 Å². The van der Waals surface area contributed by atoms with Gasteiger partial charge in [-0.2, -0.15) is 0 Å². The van der Waals surface area contributed by atoms with Crippen LogP contribution in [0.4, 0.5) is 0 Å². The van der Waals surface area contributed by atoms with Crippen molar-refractivity contribution in [2.75, 3.05) is 0 Å². The number of fused-ring (bicyclic) bond motifs is 4. The second-order valence-electron chi connectivity index (χ2n) is 12.0. The quantitative estimate of drug-likeness (QED) is 0.213. The zero-order valence-corrected chi connectivity index (χ0v) is 30.0. The fraction of sp³-hybridized carbons (Fsp3) is 0. The Morgan fingerprint density at radius 3 is 0.840 bits per heavy atom. The second-order valence-corrected chi connectivity index (χ2v) is 12.0. The van der Waals surface area contributed by atoms with E-state index in [2.05, 4.69) is 72.9 Å². The molecule has 4 aromatic carbocycles. The van der Waals surface area contributed by atoms with E-state index in [1.165, 1.54) is 0 Å². The van der Waals surface area contributed by atoms with Gasteiger partial charge in [-0.3, -0.25) is 0 Å². The number of benzene rings is 4. The summed E-state index contributed by atoms with van der Waals surface area (Å²) in [5, 5.41) is 10.2. The molecule has 0 atom stereocenters. The predicted molar refractivity (Wildman–Crippen MR) is 201 cm³/mol. The number of hydrogen-bond donors (Lipinski definition) is 1. The average molecular weight is 694 g/mol. The van der Waals surface area contributed by atoms with E-state index in [0.717, 1.165) is 90.2 Å². The monoisotopic (exact) mass is 692 g/mol. The third kappa shape index (κ3) is 5.60. The smallest absolute Gasteiger partial charge is 0.115 e. The maximum Gasteiger partial charge on any atom is 0.115 e. The molecule has 0 saturated carbocycles. The maximum atomic E-state index is 10.2. The largest absolute Gasteiger partial charge is 0.508 e. The van der Waals surface area contributed by atoms with Crippen molar-refractivity contribution in [3.63, 3.8) is 0 Å². The van der Waals surface area contributed by atoms with Crippen LogP contribution in [0.5, 0.6) is 5.75 Å². The molecule has 5 heterocycles. The Hall–Kier alpha value is -6.10. The number of allylic oxidation sites excluding steroid dienone is 12. The summed E-state index contributed by atoms with van der Waals surface area (Å²) >= 11 is 0. The average Bonchev–Trinajstić information content (AvgIpc) is 3.98. The van der Waals surface area contributed by atoms with Crippen molar-refractivity contribution >= 4 is 45.1 Å². The van der Waals surface area contributed by atoms with E-state index >= 15 is 0 Å². The number of phenolic OH excluding ortho intramolecular Hbond substituents is 1. The van der Waals surface area contributed by atoms with Crippen LogP contribution in [-0.2, 0) is 19.5 Å². The first kappa shape index (κ1) is 31.2. The molecule has 0 fully saturated rings. The molecule has 9 rings (SSSR count). The van der Waals surface area contributed by atoms with E-state index in [1.807, 2.05) is 78.9 Å². The predicted octanol–water partition coefficient (Wildman–Crippen LogP) is 9.39. The second kappa shape index (κ2) is 13.1. The minimum Gasteiger partial charge on any atom is -0.508 e. The molecular formula is C44H28N4OZn. The summed E-state index contributed by atoms with van der Waals surface area (Å²) in [4.78, 5) is 21.1. The van der Waals surface area contributed by atoms with Gasteiger partial charge >= 0.3 is 0 Å². The first-order valence-corrected chi connectivity index (χ1v) is 16.2. The van der Waals surface area contributed by atoms with Crippen molar-refractivity contribution in [3.05, 3.63) is 209 Å². The van der Waals surface area contributed by atoms with Gasteiger partial charge in [-0.1, -0.05) is 103 Å². The summed E-state index contributed by atoms with van der Waals surface area (Å²) < 4.78 is 0. The molecule has 0 spiro atoms. The Morgan fingerprint density at radius 1 is 0.300 bits per heavy atom. The van der Waals surface area contributed by atoms with Crippen LogP contribution < -0.4 is 0 Å². The summed E-state index contributed by atoms with van der Waals surface area (Å²) in [6.45, 7) is 0.